The standard InChI is InChI=1S/C23H23F3N2O5/c1-2-13(11-19(29)30)27-21(31)20(23(24,25)26)28-22(32)33-12-18-16-9-5-3-7-14(16)15-8-4-6-10-17(15)18/h3-10,13,18,20H,2,11-12H2,1H3,(H,27,31)(H,28,32)(H,29,30)/t13-,20?/m0/s1. The smallest absolute Gasteiger partial charge is 0.417 e. The highest BCUT2D eigenvalue weighted by Crippen LogP contribution is 2.44. The van der Waals surface area contributed by atoms with Crippen LogP contribution in [0.4, 0.5) is 18.0 Å². The van der Waals surface area contributed by atoms with Gasteiger partial charge >= 0.3 is 18.2 Å². The number of ether oxygens (including phenoxy) is 1. The number of rotatable bonds is 8. The van der Waals surface area contributed by atoms with Crippen LogP contribution in [0.1, 0.15) is 36.8 Å². The van der Waals surface area contributed by atoms with Gasteiger partial charge in [0, 0.05) is 12.0 Å². The highest BCUT2D eigenvalue weighted by atomic mass is 19.4. The van der Waals surface area contributed by atoms with E-state index in [1.165, 1.54) is 6.92 Å². The molecule has 0 fully saturated rings. The Kier molecular flexibility index (Phi) is 7.25. The summed E-state index contributed by atoms with van der Waals surface area (Å²) in [5.74, 6) is -3.18. The number of amides is 2. The van der Waals surface area contributed by atoms with Gasteiger partial charge < -0.3 is 20.5 Å². The maximum absolute atomic E-state index is 13.4. The molecule has 1 aliphatic rings. The van der Waals surface area contributed by atoms with Crippen molar-refractivity contribution in [1.29, 1.82) is 0 Å². The quantitative estimate of drug-likeness (QED) is 0.551. The Labute approximate surface area is 187 Å². The van der Waals surface area contributed by atoms with Crippen LogP contribution in [0.3, 0.4) is 0 Å². The van der Waals surface area contributed by atoms with Crippen LogP contribution < -0.4 is 10.6 Å². The second-order valence-corrected chi connectivity index (χ2v) is 7.66. The predicted octanol–water partition coefficient (Wildman–Crippen LogP) is 3.83. The van der Waals surface area contributed by atoms with E-state index in [4.69, 9.17) is 9.84 Å². The number of benzene rings is 2. The minimum absolute atomic E-state index is 0.105. The number of halogens is 3. The third kappa shape index (κ3) is 5.63. The number of hydrogen-bond donors (Lipinski definition) is 3. The predicted molar refractivity (Wildman–Crippen MR) is 113 cm³/mol. The summed E-state index contributed by atoms with van der Waals surface area (Å²) in [4.78, 5) is 35.2. The Hall–Kier alpha value is -3.56. The zero-order chi connectivity index (χ0) is 24.2. The topological polar surface area (TPSA) is 105 Å². The molecule has 0 saturated carbocycles. The van der Waals surface area contributed by atoms with Crippen molar-refractivity contribution >= 4 is 18.0 Å². The Morgan fingerprint density at radius 2 is 1.55 bits per heavy atom. The first kappa shape index (κ1) is 24.1. The Morgan fingerprint density at radius 3 is 2.03 bits per heavy atom. The summed E-state index contributed by atoms with van der Waals surface area (Å²) in [5.41, 5.74) is 3.68. The summed E-state index contributed by atoms with van der Waals surface area (Å²) in [6.07, 6.45) is -6.94. The molecular weight excluding hydrogens is 441 g/mol. The van der Waals surface area contributed by atoms with Crippen LogP contribution >= 0.6 is 0 Å². The molecule has 2 aromatic rings. The molecule has 0 bridgehead atoms. The third-order valence-electron chi connectivity index (χ3n) is 5.46. The van der Waals surface area contributed by atoms with Gasteiger partial charge in [0.25, 0.3) is 5.91 Å². The van der Waals surface area contributed by atoms with Gasteiger partial charge in [0.05, 0.1) is 6.42 Å². The average Bonchev–Trinajstić information content (AvgIpc) is 3.08. The van der Waals surface area contributed by atoms with E-state index in [0.717, 1.165) is 22.3 Å². The van der Waals surface area contributed by atoms with Gasteiger partial charge in [-0.15, -0.1) is 0 Å². The molecule has 2 amide bonds. The van der Waals surface area contributed by atoms with Gasteiger partial charge in [-0.2, -0.15) is 13.2 Å². The molecule has 3 rings (SSSR count). The van der Waals surface area contributed by atoms with E-state index in [0.29, 0.717) is 0 Å². The zero-order valence-corrected chi connectivity index (χ0v) is 17.7. The van der Waals surface area contributed by atoms with Gasteiger partial charge in [0.2, 0.25) is 6.04 Å². The summed E-state index contributed by atoms with van der Waals surface area (Å²) in [7, 11) is 0. The number of fused-ring (bicyclic) bond motifs is 3. The highest BCUT2D eigenvalue weighted by Gasteiger charge is 2.47. The Balaban J connectivity index is 1.68. The number of carbonyl (C=O) groups is 3. The summed E-state index contributed by atoms with van der Waals surface area (Å²) in [6.45, 7) is 1.30. The molecule has 2 atom stereocenters. The zero-order valence-electron chi connectivity index (χ0n) is 17.7. The van der Waals surface area contributed by atoms with Crippen LogP contribution in [0.15, 0.2) is 48.5 Å². The fraction of sp³-hybridized carbons (Fsp3) is 0.348. The van der Waals surface area contributed by atoms with Gasteiger partial charge in [0.15, 0.2) is 0 Å². The van der Waals surface area contributed by atoms with Gasteiger partial charge in [0.1, 0.15) is 6.61 Å². The van der Waals surface area contributed by atoms with Crippen LogP contribution in [0, 0.1) is 0 Å². The first-order chi connectivity index (χ1) is 15.6. The number of carboxylic acids is 1. The minimum atomic E-state index is -5.10. The molecule has 0 aromatic heterocycles. The molecular formula is C23H23F3N2O5. The molecule has 0 saturated heterocycles. The number of alkyl halides is 3. The summed E-state index contributed by atoms with van der Waals surface area (Å²) >= 11 is 0. The second kappa shape index (κ2) is 9.93. The van der Waals surface area contributed by atoms with E-state index in [2.05, 4.69) is 0 Å². The molecule has 0 heterocycles. The SMILES string of the molecule is CC[C@@H](CC(=O)O)NC(=O)C(NC(=O)OCC1c2ccccc2-c2ccccc21)C(F)(F)F. The number of aliphatic carboxylic acids is 1. The van der Waals surface area contributed by atoms with E-state index in [1.807, 2.05) is 53.8 Å². The van der Waals surface area contributed by atoms with Crippen molar-refractivity contribution in [2.24, 2.45) is 0 Å². The van der Waals surface area contributed by atoms with Gasteiger partial charge in [-0.3, -0.25) is 9.59 Å². The van der Waals surface area contributed by atoms with E-state index >= 15 is 0 Å². The molecule has 176 valence electrons. The maximum Gasteiger partial charge on any atom is 0.417 e. The van der Waals surface area contributed by atoms with Crippen molar-refractivity contribution in [3.63, 3.8) is 0 Å². The lowest BCUT2D eigenvalue weighted by atomic mass is 9.98. The van der Waals surface area contributed by atoms with Crippen molar-refractivity contribution in [2.75, 3.05) is 6.61 Å². The van der Waals surface area contributed by atoms with Crippen LogP contribution in [0.5, 0.6) is 0 Å². The van der Waals surface area contributed by atoms with Gasteiger partial charge in [-0.05, 0) is 28.7 Å². The third-order valence-corrected chi connectivity index (χ3v) is 5.46. The van der Waals surface area contributed by atoms with E-state index < -0.39 is 42.7 Å². The number of carboxylic acid groups (broad SMARTS) is 1. The molecule has 1 aliphatic carbocycles. The van der Waals surface area contributed by atoms with Crippen LogP contribution in [-0.2, 0) is 14.3 Å². The van der Waals surface area contributed by atoms with Crippen molar-refractivity contribution in [2.45, 2.75) is 43.9 Å². The normalized spacial score (nSPS) is 14.5. The summed E-state index contributed by atoms with van der Waals surface area (Å²) < 4.78 is 45.4. The lowest BCUT2D eigenvalue weighted by Gasteiger charge is -2.24. The minimum Gasteiger partial charge on any atom is -0.481 e. The Bertz CT molecular complexity index is 995. The molecule has 1 unspecified atom stereocenters. The molecule has 10 heteroatoms. The van der Waals surface area contributed by atoms with Crippen LogP contribution in [-0.4, -0.2) is 47.9 Å². The molecule has 2 aromatic carbocycles. The molecule has 0 spiro atoms. The van der Waals surface area contributed by atoms with Crippen molar-refractivity contribution in [3.05, 3.63) is 59.7 Å². The number of nitrogens with one attached hydrogen (secondary N) is 2. The Morgan fingerprint density at radius 1 is 1.00 bits per heavy atom. The van der Waals surface area contributed by atoms with Crippen molar-refractivity contribution in [3.8, 4) is 11.1 Å². The first-order valence-corrected chi connectivity index (χ1v) is 10.3. The molecule has 3 N–H and O–H groups in total. The molecule has 33 heavy (non-hydrogen) atoms. The lowest BCUT2D eigenvalue weighted by molar-refractivity contribution is -0.168. The number of carbonyl (C=O) groups excluding carboxylic acids is 2. The lowest BCUT2D eigenvalue weighted by Crippen LogP contribution is -2.57. The van der Waals surface area contributed by atoms with Crippen LogP contribution in [0.2, 0.25) is 0 Å². The van der Waals surface area contributed by atoms with Gasteiger partial charge in [-0.1, -0.05) is 55.5 Å². The van der Waals surface area contributed by atoms with Gasteiger partial charge in [-0.25, -0.2) is 4.79 Å². The summed E-state index contributed by atoms with van der Waals surface area (Å²) in [5, 5.41) is 12.4. The maximum atomic E-state index is 13.4. The highest BCUT2D eigenvalue weighted by molar-refractivity contribution is 5.87. The van der Waals surface area contributed by atoms with Crippen molar-refractivity contribution < 1.29 is 37.4 Å². The largest absolute Gasteiger partial charge is 0.481 e. The number of hydrogen-bond acceptors (Lipinski definition) is 4. The number of alkyl carbamates (subject to hydrolysis) is 1. The van der Waals surface area contributed by atoms with Crippen LogP contribution in [0.25, 0.3) is 11.1 Å². The fourth-order valence-corrected chi connectivity index (χ4v) is 3.85. The van der Waals surface area contributed by atoms with E-state index in [-0.39, 0.29) is 18.9 Å². The molecule has 7 nitrogen and oxygen atoms in total. The fourth-order valence-electron chi connectivity index (χ4n) is 3.85. The summed E-state index contributed by atoms with van der Waals surface area (Å²) in [6, 6.07) is 11.0. The van der Waals surface area contributed by atoms with E-state index in [9.17, 15) is 27.6 Å². The van der Waals surface area contributed by atoms with E-state index in [1.54, 1.807) is 5.32 Å². The molecule has 0 aliphatic heterocycles. The monoisotopic (exact) mass is 464 g/mol. The average molecular weight is 464 g/mol. The second-order valence-electron chi connectivity index (χ2n) is 7.66. The first-order valence-electron chi connectivity index (χ1n) is 10.3. The van der Waals surface area contributed by atoms with Crippen molar-refractivity contribution in [1.82, 2.24) is 10.6 Å². The molecule has 0 radical (unpaired) electrons.